The van der Waals surface area contributed by atoms with E-state index in [1.807, 2.05) is 26.8 Å². The SMILES string of the molecule is COc1ccc(C)cc1NC(=O)CNC(=O)CNc1ccc(C(=O)N2CC(C)OC(C)C2)cc1. The van der Waals surface area contributed by atoms with E-state index in [0.29, 0.717) is 35.8 Å². The molecule has 0 aromatic heterocycles. The van der Waals surface area contributed by atoms with Gasteiger partial charge in [0, 0.05) is 24.3 Å². The highest BCUT2D eigenvalue weighted by Crippen LogP contribution is 2.25. The van der Waals surface area contributed by atoms with E-state index in [0.717, 1.165) is 5.56 Å². The molecule has 1 aliphatic heterocycles. The van der Waals surface area contributed by atoms with Crippen LogP contribution >= 0.6 is 0 Å². The molecule has 9 nitrogen and oxygen atoms in total. The highest BCUT2D eigenvalue weighted by molar-refractivity contribution is 5.96. The number of hydrogen-bond donors (Lipinski definition) is 3. The van der Waals surface area contributed by atoms with Crippen molar-refractivity contribution in [2.24, 2.45) is 0 Å². The summed E-state index contributed by atoms with van der Waals surface area (Å²) in [5.41, 5.74) is 2.81. The number of amides is 3. The van der Waals surface area contributed by atoms with Gasteiger partial charge in [-0.2, -0.15) is 0 Å². The van der Waals surface area contributed by atoms with Crippen LogP contribution in [0.5, 0.6) is 5.75 Å². The normalized spacial score (nSPS) is 17.6. The molecule has 3 rings (SSSR count). The van der Waals surface area contributed by atoms with Crippen molar-refractivity contribution >= 4 is 29.1 Å². The summed E-state index contributed by atoms with van der Waals surface area (Å²) in [6.07, 6.45) is 0.0149. The first-order valence-corrected chi connectivity index (χ1v) is 11.2. The Balaban J connectivity index is 1.44. The summed E-state index contributed by atoms with van der Waals surface area (Å²) < 4.78 is 10.9. The number of methoxy groups -OCH3 is 1. The minimum atomic E-state index is -0.355. The average Bonchev–Trinajstić information content (AvgIpc) is 2.81. The lowest BCUT2D eigenvalue weighted by atomic mass is 10.1. The van der Waals surface area contributed by atoms with Gasteiger partial charge in [0.25, 0.3) is 5.91 Å². The van der Waals surface area contributed by atoms with Gasteiger partial charge in [-0.15, -0.1) is 0 Å². The molecule has 0 saturated carbocycles. The van der Waals surface area contributed by atoms with E-state index in [9.17, 15) is 14.4 Å². The largest absolute Gasteiger partial charge is 0.495 e. The molecule has 3 N–H and O–H groups in total. The second-order valence-electron chi connectivity index (χ2n) is 8.43. The first-order valence-electron chi connectivity index (χ1n) is 11.2. The Kier molecular flexibility index (Phi) is 8.48. The van der Waals surface area contributed by atoms with Crippen molar-refractivity contribution in [3.05, 3.63) is 53.6 Å². The van der Waals surface area contributed by atoms with Gasteiger partial charge in [-0.1, -0.05) is 6.07 Å². The molecule has 1 heterocycles. The van der Waals surface area contributed by atoms with Crippen LogP contribution in [0.3, 0.4) is 0 Å². The highest BCUT2D eigenvalue weighted by Gasteiger charge is 2.26. The van der Waals surface area contributed by atoms with Crippen molar-refractivity contribution in [2.75, 3.05) is 43.9 Å². The van der Waals surface area contributed by atoms with E-state index in [1.165, 1.54) is 7.11 Å². The van der Waals surface area contributed by atoms with Crippen LogP contribution in [0, 0.1) is 6.92 Å². The van der Waals surface area contributed by atoms with Gasteiger partial charge in [0.2, 0.25) is 11.8 Å². The molecule has 2 aromatic carbocycles. The van der Waals surface area contributed by atoms with Crippen molar-refractivity contribution in [1.29, 1.82) is 0 Å². The molecule has 9 heteroatoms. The third-order valence-electron chi connectivity index (χ3n) is 5.37. The number of carbonyl (C=O) groups is 3. The van der Waals surface area contributed by atoms with Crippen LogP contribution in [-0.4, -0.2) is 68.1 Å². The number of anilines is 2. The Hall–Kier alpha value is -3.59. The predicted octanol–water partition coefficient (Wildman–Crippen LogP) is 2.42. The van der Waals surface area contributed by atoms with Crippen molar-refractivity contribution in [2.45, 2.75) is 33.0 Å². The summed E-state index contributed by atoms with van der Waals surface area (Å²) in [6, 6.07) is 12.4. The smallest absolute Gasteiger partial charge is 0.254 e. The van der Waals surface area contributed by atoms with Gasteiger partial charge < -0.3 is 30.3 Å². The molecular weight excluding hydrogens is 436 g/mol. The Bertz CT molecular complexity index is 1010. The topological polar surface area (TPSA) is 109 Å². The van der Waals surface area contributed by atoms with Crippen molar-refractivity contribution in [1.82, 2.24) is 10.2 Å². The van der Waals surface area contributed by atoms with Crippen LogP contribution in [0.2, 0.25) is 0 Å². The average molecular weight is 469 g/mol. The quantitative estimate of drug-likeness (QED) is 0.549. The molecule has 2 unspecified atom stereocenters. The number of hydrogen-bond acceptors (Lipinski definition) is 6. The zero-order chi connectivity index (χ0) is 24.7. The molecule has 1 fully saturated rings. The van der Waals surface area contributed by atoms with E-state index in [-0.39, 0.29) is 43.0 Å². The first-order chi connectivity index (χ1) is 16.2. The van der Waals surface area contributed by atoms with Crippen LogP contribution in [-0.2, 0) is 14.3 Å². The zero-order valence-electron chi connectivity index (χ0n) is 20.0. The minimum Gasteiger partial charge on any atom is -0.495 e. The fourth-order valence-corrected chi connectivity index (χ4v) is 3.79. The fourth-order valence-electron chi connectivity index (χ4n) is 3.79. The molecule has 2 atom stereocenters. The number of aryl methyl sites for hydroxylation is 1. The molecule has 1 saturated heterocycles. The third kappa shape index (κ3) is 6.95. The second-order valence-corrected chi connectivity index (χ2v) is 8.43. The maximum atomic E-state index is 12.7. The Morgan fingerprint density at radius 1 is 1.00 bits per heavy atom. The summed E-state index contributed by atoms with van der Waals surface area (Å²) in [7, 11) is 1.53. The predicted molar refractivity (Wildman–Crippen MR) is 130 cm³/mol. The fraction of sp³-hybridized carbons (Fsp3) is 0.400. The summed E-state index contributed by atoms with van der Waals surface area (Å²) >= 11 is 0. The Morgan fingerprint density at radius 3 is 2.32 bits per heavy atom. The summed E-state index contributed by atoms with van der Waals surface area (Å²) in [6.45, 7) is 6.78. The molecule has 0 aliphatic carbocycles. The Morgan fingerprint density at radius 2 is 1.68 bits per heavy atom. The van der Waals surface area contributed by atoms with E-state index < -0.39 is 0 Å². The van der Waals surface area contributed by atoms with Gasteiger partial charge in [0.05, 0.1) is 38.1 Å². The minimum absolute atomic E-state index is 0.00711. The number of ether oxygens (including phenoxy) is 2. The first kappa shape index (κ1) is 25.0. The van der Waals surface area contributed by atoms with Gasteiger partial charge in [0.15, 0.2) is 0 Å². The van der Waals surface area contributed by atoms with Crippen LogP contribution in [0.25, 0.3) is 0 Å². The van der Waals surface area contributed by atoms with Crippen molar-refractivity contribution < 1.29 is 23.9 Å². The van der Waals surface area contributed by atoms with Gasteiger partial charge in [-0.3, -0.25) is 14.4 Å². The monoisotopic (exact) mass is 468 g/mol. The van der Waals surface area contributed by atoms with Crippen LogP contribution in [0.15, 0.2) is 42.5 Å². The lowest BCUT2D eigenvalue weighted by Crippen LogP contribution is -2.48. The number of nitrogens with one attached hydrogen (secondary N) is 3. The van der Waals surface area contributed by atoms with E-state index >= 15 is 0 Å². The molecule has 0 radical (unpaired) electrons. The Labute approximate surface area is 199 Å². The van der Waals surface area contributed by atoms with E-state index in [2.05, 4.69) is 16.0 Å². The lowest BCUT2D eigenvalue weighted by molar-refractivity contribution is -0.122. The molecular formula is C25H32N4O5. The standard InChI is InChI=1S/C25H32N4O5/c1-16-5-10-22(33-4)21(11-16)28-24(31)13-27-23(30)12-26-20-8-6-19(7-9-20)25(32)29-14-17(2)34-18(3)15-29/h5-11,17-18,26H,12-15H2,1-4H3,(H,27,30)(H,28,31). The number of rotatable bonds is 8. The maximum Gasteiger partial charge on any atom is 0.254 e. The molecule has 0 bridgehead atoms. The number of morpholine rings is 1. The summed E-state index contributed by atoms with van der Waals surface area (Å²) in [4.78, 5) is 38.9. The van der Waals surface area contributed by atoms with Crippen molar-refractivity contribution in [3.8, 4) is 5.75 Å². The van der Waals surface area contributed by atoms with E-state index in [1.54, 1.807) is 41.3 Å². The molecule has 0 spiro atoms. The summed E-state index contributed by atoms with van der Waals surface area (Å²) in [5, 5.41) is 8.31. The van der Waals surface area contributed by atoms with Crippen LogP contribution in [0.1, 0.15) is 29.8 Å². The van der Waals surface area contributed by atoms with Gasteiger partial charge in [-0.25, -0.2) is 0 Å². The molecule has 2 aromatic rings. The molecule has 182 valence electrons. The zero-order valence-corrected chi connectivity index (χ0v) is 20.0. The third-order valence-corrected chi connectivity index (χ3v) is 5.37. The van der Waals surface area contributed by atoms with Crippen molar-refractivity contribution in [3.63, 3.8) is 0 Å². The molecule has 1 aliphatic rings. The van der Waals surface area contributed by atoms with Crippen LogP contribution < -0.4 is 20.7 Å². The van der Waals surface area contributed by atoms with Gasteiger partial charge in [0.1, 0.15) is 5.75 Å². The second kappa shape index (κ2) is 11.5. The van der Waals surface area contributed by atoms with Crippen LogP contribution in [0.4, 0.5) is 11.4 Å². The number of nitrogens with zero attached hydrogens (tertiary/aromatic N) is 1. The van der Waals surface area contributed by atoms with E-state index in [4.69, 9.17) is 9.47 Å². The highest BCUT2D eigenvalue weighted by atomic mass is 16.5. The van der Waals surface area contributed by atoms with Gasteiger partial charge >= 0.3 is 0 Å². The molecule has 3 amide bonds. The number of carbonyl (C=O) groups excluding carboxylic acids is 3. The maximum absolute atomic E-state index is 12.7. The summed E-state index contributed by atoms with van der Waals surface area (Å²) in [5.74, 6) is -0.177. The lowest BCUT2D eigenvalue weighted by Gasteiger charge is -2.35. The number of benzene rings is 2. The molecule has 34 heavy (non-hydrogen) atoms. The van der Waals surface area contributed by atoms with Gasteiger partial charge in [-0.05, 0) is 62.7 Å².